The van der Waals surface area contributed by atoms with Crippen LogP contribution in [0.2, 0.25) is 0 Å². The van der Waals surface area contributed by atoms with Gasteiger partial charge in [0.05, 0.1) is 13.0 Å². The number of likely N-dealkylation sites (N-methyl/N-ethyl adjacent to an activating group) is 1. The molecule has 0 N–H and O–H groups in total. The average Bonchev–Trinajstić information content (AvgIpc) is 3.03. The monoisotopic (exact) mass is 329 g/mol. The van der Waals surface area contributed by atoms with Gasteiger partial charge in [-0.25, -0.2) is 4.98 Å². The Morgan fingerprint density at radius 3 is 3.04 bits per heavy atom. The Hall–Kier alpha value is -2.50. The molecular formula is C18H23N3O3. The third-order valence-electron chi connectivity index (χ3n) is 4.51. The summed E-state index contributed by atoms with van der Waals surface area (Å²) in [6, 6.07) is 5.75. The molecule has 0 saturated carbocycles. The molecule has 6 heteroatoms. The third-order valence-corrected chi connectivity index (χ3v) is 4.51. The van der Waals surface area contributed by atoms with Crippen LogP contribution in [-0.2, 0) is 17.8 Å². The molecule has 0 fully saturated rings. The van der Waals surface area contributed by atoms with Gasteiger partial charge in [0.1, 0.15) is 23.9 Å². The van der Waals surface area contributed by atoms with E-state index in [-0.39, 0.29) is 11.8 Å². The number of carbonyl (C=O) groups excluding carboxylic acids is 1. The van der Waals surface area contributed by atoms with Crippen LogP contribution in [0.4, 0.5) is 0 Å². The molecule has 1 aliphatic heterocycles. The second-order valence-corrected chi connectivity index (χ2v) is 6.11. The fourth-order valence-corrected chi connectivity index (χ4v) is 2.96. The van der Waals surface area contributed by atoms with Gasteiger partial charge < -0.3 is 18.9 Å². The highest BCUT2D eigenvalue weighted by Gasteiger charge is 2.28. The van der Waals surface area contributed by atoms with Crippen molar-refractivity contribution in [3.63, 3.8) is 0 Å². The van der Waals surface area contributed by atoms with Gasteiger partial charge in [0.15, 0.2) is 0 Å². The first-order valence-corrected chi connectivity index (χ1v) is 8.11. The zero-order valence-electron chi connectivity index (χ0n) is 14.4. The third kappa shape index (κ3) is 3.37. The van der Waals surface area contributed by atoms with Gasteiger partial charge >= 0.3 is 0 Å². The number of rotatable bonds is 5. The molecule has 0 spiro atoms. The second-order valence-electron chi connectivity index (χ2n) is 6.11. The summed E-state index contributed by atoms with van der Waals surface area (Å²) in [5.74, 6) is 2.52. The van der Waals surface area contributed by atoms with E-state index in [4.69, 9.17) is 9.47 Å². The minimum absolute atomic E-state index is 0.120. The standard InChI is InChI=1S/C18H23N3O3/c1-13-19-6-7-21(13)9-8-20(2)18(22)15-10-14-4-5-16(23-3)11-17(14)24-12-15/h4-7,11,15H,8-10,12H2,1-3H3. The summed E-state index contributed by atoms with van der Waals surface area (Å²) in [7, 11) is 3.48. The predicted octanol–water partition coefficient (Wildman–Crippen LogP) is 1.91. The van der Waals surface area contributed by atoms with E-state index in [1.54, 1.807) is 18.2 Å². The SMILES string of the molecule is COc1ccc2c(c1)OCC(C(=O)N(C)CCn1ccnc1C)C2. The van der Waals surface area contributed by atoms with Crippen LogP contribution in [0.3, 0.4) is 0 Å². The maximum atomic E-state index is 12.7. The molecule has 128 valence electrons. The van der Waals surface area contributed by atoms with Crippen LogP contribution >= 0.6 is 0 Å². The highest BCUT2D eigenvalue weighted by atomic mass is 16.5. The van der Waals surface area contributed by atoms with Gasteiger partial charge in [-0.3, -0.25) is 4.79 Å². The van der Waals surface area contributed by atoms with Crippen LogP contribution < -0.4 is 9.47 Å². The molecule has 1 aliphatic rings. The number of fused-ring (bicyclic) bond motifs is 1. The number of ether oxygens (including phenoxy) is 2. The molecule has 3 rings (SSSR count). The summed E-state index contributed by atoms with van der Waals surface area (Å²) in [4.78, 5) is 18.6. The van der Waals surface area contributed by atoms with Crippen molar-refractivity contribution in [2.75, 3.05) is 27.3 Å². The Morgan fingerprint density at radius 1 is 1.50 bits per heavy atom. The Balaban J connectivity index is 1.60. The molecule has 1 unspecified atom stereocenters. The number of carbonyl (C=O) groups is 1. The van der Waals surface area contributed by atoms with Gasteiger partial charge in [-0.2, -0.15) is 0 Å². The van der Waals surface area contributed by atoms with Crippen molar-refractivity contribution >= 4 is 5.91 Å². The molecule has 1 aromatic heterocycles. The smallest absolute Gasteiger partial charge is 0.229 e. The Morgan fingerprint density at radius 2 is 2.33 bits per heavy atom. The van der Waals surface area contributed by atoms with Crippen molar-refractivity contribution in [3.8, 4) is 11.5 Å². The Bertz CT molecular complexity index is 726. The van der Waals surface area contributed by atoms with E-state index in [0.29, 0.717) is 19.6 Å². The van der Waals surface area contributed by atoms with Crippen LogP contribution in [0.15, 0.2) is 30.6 Å². The summed E-state index contributed by atoms with van der Waals surface area (Å²) in [6.45, 7) is 3.77. The number of hydrogen-bond acceptors (Lipinski definition) is 4. The van der Waals surface area contributed by atoms with Gasteiger partial charge in [0, 0.05) is 38.6 Å². The zero-order valence-corrected chi connectivity index (χ0v) is 14.4. The van der Waals surface area contributed by atoms with Crippen LogP contribution in [0.5, 0.6) is 11.5 Å². The lowest BCUT2D eigenvalue weighted by Crippen LogP contribution is -2.40. The minimum atomic E-state index is -0.139. The largest absolute Gasteiger partial charge is 0.497 e. The first-order valence-electron chi connectivity index (χ1n) is 8.11. The molecule has 6 nitrogen and oxygen atoms in total. The van der Waals surface area contributed by atoms with E-state index in [9.17, 15) is 4.79 Å². The maximum absolute atomic E-state index is 12.7. The fraction of sp³-hybridized carbons (Fsp3) is 0.444. The first kappa shape index (κ1) is 16.4. The summed E-state index contributed by atoms with van der Waals surface area (Å²) in [6.07, 6.45) is 4.41. The summed E-state index contributed by atoms with van der Waals surface area (Å²) < 4.78 is 13.0. The fourth-order valence-electron chi connectivity index (χ4n) is 2.96. The van der Waals surface area contributed by atoms with Gasteiger partial charge in [-0.1, -0.05) is 6.07 Å². The molecule has 0 bridgehead atoms. The number of amides is 1. The number of nitrogens with zero attached hydrogens (tertiary/aromatic N) is 3. The van der Waals surface area contributed by atoms with E-state index < -0.39 is 0 Å². The van der Waals surface area contributed by atoms with Crippen molar-refractivity contribution in [3.05, 3.63) is 42.0 Å². The van der Waals surface area contributed by atoms with Crippen LogP contribution in [0.1, 0.15) is 11.4 Å². The van der Waals surface area contributed by atoms with Gasteiger partial charge in [-0.15, -0.1) is 0 Å². The molecule has 2 heterocycles. The molecular weight excluding hydrogens is 306 g/mol. The zero-order chi connectivity index (χ0) is 17.1. The lowest BCUT2D eigenvalue weighted by atomic mass is 9.95. The molecule has 0 radical (unpaired) electrons. The van der Waals surface area contributed by atoms with Crippen molar-refractivity contribution in [2.45, 2.75) is 19.9 Å². The molecule has 2 aromatic rings. The summed E-state index contributed by atoms with van der Waals surface area (Å²) >= 11 is 0. The maximum Gasteiger partial charge on any atom is 0.229 e. The quantitative estimate of drug-likeness (QED) is 0.841. The highest BCUT2D eigenvalue weighted by molar-refractivity contribution is 5.79. The van der Waals surface area contributed by atoms with E-state index in [2.05, 4.69) is 4.98 Å². The van der Waals surface area contributed by atoms with Crippen molar-refractivity contribution < 1.29 is 14.3 Å². The molecule has 0 aliphatic carbocycles. The van der Waals surface area contributed by atoms with E-state index in [0.717, 1.165) is 29.4 Å². The van der Waals surface area contributed by atoms with Crippen LogP contribution in [0.25, 0.3) is 0 Å². The number of aryl methyl sites for hydroxylation is 1. The summed E-state index contributed by atoms with van der Waals surface area (Å²) in [5, 5.41) is 0. The molecule has 24 heavy (non-hydrogen) atoms. The number of methoxy groups -OCH3 is 1. The topological polar surface area (TPSA) is 56.6 Å². The number of benzene rings is 1. The van der Waals surface area contributed by atoms with E-state index in [1.807, 2.05) is 42.9 Å². The predicted molar refractivity (Wildman–Crippen MR) is 90.3 cm³/mol. The molecule has 1 amide bonds. The van der Waals surface area contributed by atoms with Crippen LogP contribution in [0, 0.1) is 12.8 Å². The Kier molecular flexibility index (Phi) is 4.74. The summed E-state index contributed by atoms with van der Waals surface area (Å²) in [5.41, 5.74) is 1.05. The number of imidazole rings is 1. The van der Waals surface area contributed by atoms with Crippen molar-refractivity contribution in [1.82, 2.24) is 14.5 Å². The molecule has 0 saturated heterocycles. The van der Waals surface area contributed by atoms with Gasteiger partial charge in [0.2, 0.25) is 5.91 Å². The lowest BCUT2D eigenvalue weighted by Gasteiger charge is -2.28. The van der Waals surface area contributed by atoms with Crippen LogP contribution in [-0.4, -0.2) is 47.7 Å². The van der Waals surface area contributed by atoms with Crippen molar-refractivity contribution in [1.29, 1.82) is 0 Å². The average molecular weight is 329 g/mol. The van der Waals surface area contributed by atoms with Gasteiger partial charge in [-0.05, 0) is 25.0 Å². The lowest BCUT2D eigenvalue weighted by molar-refractivity contribution is -0.135. The normalized spacial score (nSPS) is 16.2. The first-order chi connectivity index (χ1) is 11.6. The second kappa shape index (κ2) is 6.95. The van der Waals surface area contributed by atoms with E-state index in [1.165, 1.54) is 0 Å². The highest BCUT2D eigenvalue weighted by Crippen LogP contribution is 2.31. The van der Waals surface area contributed by atoms with Crippen molar-refractivity contribution in [2.24, 2.45) is 5.92 Å². The van der Waals surface area contributed by atoms with E-state index >= 15 is 0 Å². The number of hydrogen-bond donors (Lipinski definition) is 0. The Labute approximate surface area is 142 Å². The molecule has 1 aromatic carbocycles. The number of aromatic nitrogens is 2. The minimum Gasteiger partial charge on any atom is -0.497 e. The van der Waals surface area contributed by atoms with Gasteiger partial charge in [0.25, 0.3) is 0 Å². The molecule has 1 atom stereocenters.